The molecule has 4 nitrogen and oxygen atoms in total. The van der Waals surface area contributed by atoms with Crippen molar-refractivity contribution in [3.63, 3.8) is 0 Å². The summed E-state index contributed by atoms with van der Waals surface area (Å²) in [6.45, 7) is 3.59. The van der Waals surface area contributed by atoms with Gasteiger partial charge in [0.1, 0.15) is 24.4 Å². The zero-order valence-electron chi connectivity index (χ0n) is 7.98. The molecule has 2 rings (SSSR count). The van der Waals surface area contributed by atoms with Crippen molar-refractivity contribution in [1.29, 1.82) is 0 Å². The lowest BCUT2D eigenvalue weighted by Crippen LogP contribution is -2.46. The monoisotopic (exact) mass is 312 g/mol. The van der Waals surface area contributed by atoms with Gasteiger partial charge in [-0.1, -0.05) is 0 Å². The second-order valence-corrected chi connectivity index (χ2v) is 5.30. The van der Waals surface area contributed by atoms with Crippen LogP contribution < -0.4 is 0 Å². The van der Waals surface area contributed by atoms with Gasteiger partial charge in [-0.2, -0.15) is 0 Å². The van der Waals surface area contributed by atoms with Gasteiger partial charge in [-0.3, -0.25) is 0 Å². The molecule has 0 unspecified atom stereocenters. The van der Waals surface area contributed by atoms with E-state index in [4.69, 9.17) is 9.47 Å². The Morgan fingerprint density at radius 3 is 2.64 bits per heavy atom. The first kappa shape index (κ1) is 10.8. The van der Waals surface area contributed by atoms with E-state index in [0.29, 0.717) is 3.58 Å². The SMILES string of the molecule is CC1(C)O[C@H]2[C@H](O)[C@@H](O)C(I)=C[C@H]2O1. The highest BCUT2D eigenvalue weighted by Crippen LogP contribution is 2.37. The summed E-state index contributed by atoms with van der Waals surface area (Å²) in [4.78, 5) is 0. The normalized spacial score (nSPS) is 45.9. The first-order valence-corrected chi connectivity index (χ1v) is 5.57. The number of hydrogen-bond acceptors (Lipinski definition) is 4. The molecule has 1 saturated heterocycles. The summed E-state index contributed by atoms with van der Waals surface area (Å²) in [6.07, 6.45) is -0.668. The van der Waals surface area contributed by atoms with Gasteiger partial charge < -0.3 is 19.7 Å². The number of aliphatic hydroxyl groups excluding tert-OH is 2. The standard InChI is InChI=1S/C9H13IO4/c1-9(2)13-5-3-4(10)6(11)7(12)8(5)14-9/h3,5-8,11-12H,1-2H3/t5-,6+,7-,8-/m1/s1. The Balaban J connectivity index is 2.26. The fourth-order valence-electron chi connectivity index (χ4n) is 1.81. The minimum Gasteiger partial charge on any atom is -0.387 e. The highest BCUT2D eigenvalue weighted by atomic mass is 127. The number of rotatable bonds is 0. The average Bonchev–Trinajstić information content (AvgIpc) is 2.37. The lowest BCUT2D eigenvalue weighted by atomic mass is 9.96. The van der Waals surface area contributed by atoms with Gasteiger partial charge in [0.25, 0.3) is 0 Å². The van der Waals surface area contributed by atoms with Gasteiger partial charge in [0.15, 0.2) is 5.79 Å². The third kappa shape index (κ3) is 1.71. The lowest BCUT2D eigenvalue weighted by Gasteiger charge is -2.29. The van der Waals surface area contributed by atoms with Crippen LogP contribution in [0.4, 0.5) is 0 Å². The Kier molecular flexibility index (Phi) is 2.64. The lowest BCUT2D eigenvalue weighted by molar-refractivity contribution is -0.158. The van der Waals surface area contributed by atoms with Gasteiger partial charge >= 0.3 is 0 Å². The van der Waals surface area contributed by atoms with Gasteiger partial charge in [0.2, 0.25) is 0 Å². The molecule has 1 fully saturated rings. The van der Waals surface area contributed by atoms with Gasteiger partial charge in [0, 0.05) is 3.58 Å². The Labute approximate surface area is 96.0 Å². The fourth-order valence-corrected chi connectivity index (χ4v) is 2.53. The molecule has 1 aliphatic heterocycles. The number of halogens is 1. The molecule has 4 atom stereocenters. The molecule has 0 spiro atoms. The maximum absolute atomic E-state index is 9.75. The van der Waals surface area contributed by atoms with Crippen molar-refractivity contribution in [2.75, 3.05) is 0 Å². The Bertz CT molecular complexity index is 276. The number of hydrogen-bond donors (Lipinski definition) is 2. The molecular weight excluding hydrogens is 299 g/mol. The number of fused-ring (bicyclic) bond motifs is 1. The maximum atomic E-state index is 9.75. The van der Waals surface area contributed by atoms with Crippen LogP contribution in [0, 0.1) is 0 Å². The predicted octanol–water partition coefficient (Wildman–Crippen LogP) is 0.561. The molecule has 0 aromatic rings. The van der Waals surface area contributed by atoms with Crippen LogP contribution in [-0.4, -0.2) is 40.4 Å². The van der Waals surface area contributed by atoms with Gasteiger partial charge in [-0.25, -0.2) is 0 Å². The van der Waals surface area contributed by atoms with E-state index < -0.39 is 24.1 Å². The molecular formula is C9H13IO4. The van der Waals surface area contributed by atoms with Crippen molar-refractivity contribution in [1.82, 2.24) is 0 Å². The van der Waals surface area contributed by atoms with Crippen LogP contribution in [0.2, 0.25) is 0 Å². The summed E-state index contributed by atoms with van der Waals surface area (Å²) in [6, 6.07) is 0. The summed E-state index contributed by atoms with van der Waals surface area (Å²) in [5.41, 5.74) is 0. The van der Waals surface area contributed by atoms with E-state index in [9.17, 15) is 10.2 Å². The third-order valence-corrected chi connectivity index (χ3v) is 3.43. The highest BCUT2D eigenvalue weighted by Gasteiger charge is 2.48. The molecule has 0 amide bonds. The van der Waals surface area contributed by atoms with Crippen molar-refractivity contribution in [2.24, 2.45) is 0 Å². The molecule has 5 heteroatoms. The molecule has 0 saturated carbocycles. The molecule has 0 bridgehead atoms. The van der Waals surface area contributed by atoms with Crippen molar-refractivity contribution in [2.45, 2.75) is 44.1 Å². The van der Waals surface area contributed by atoms with Crippen molar-refractivity contribution < 1.29 is 19.7 Å². The van der Waals surface area contributed by atoms with Gasteiger partial charge in [-0.15, -0.1) is 0 Å². The molecule has 80 valence electrons. The Morgan fingerprint density at radius 1 is 1.36 bits per heavy atom. The van der Waals surface area contributed by atoms with Crippen LogP contribution >= 0.6 is 22.6 Å². The van der Waals surface area contributed by atoms with Crippen LogP contribution in [0.3, 0.4) is 0 Å². The van der Waals surface area contributed by atoms with Crippen LogP contribution in [0.1, 0.15) is 13.8 Å². The largest absolute Gasteiger partial charge is 0.387 e. The second-order valence-electron chi connectivity index (χ2n) is 4.05. The molecule has 0 aromatic carbocycles. The first-order valence-electron chi connectivity index (χ1n) is 4.50. The first-order chi connectivity index (χ1) is 6.41. The predicted molar refractivity (Wildman–Crippen MR) is 57.9 cm³/mol. The van der Waals surface area contributed by atoms with E-state index in [1.165, 1.54) is 0 Å². The van der Waals surface area contributed by atoms with E-state index in [2.05, 4.69) is 0 Å². The summed E-state index contributed by atoms with van der Waals surface area (Å²) in [7, 11) is 0. The fraction of sp³-hybridized carbons (Fsp3) is 0.778. The molecule has 14 heavy (non-hydrogen) atoms. The minimum atomic E-state index is -0.904. The Hall–Kier alpha value is 0.310. The van der Waals surface area contributed by atoms with E-state index >= 15 is 0 Å². The van der Waals surface area contributed by atoms with Crippen molar-refractivity contribution >= 4 is 22.6 Å². The summed E-state index contributed by atoms with van der Waals surface area (Å²) in [5, 5.41) is 19.4. The second kappa shape index (κ2) is 3.41. The third-order valence-electron chi connectivity index (χ3n) is 2.43. The number of aliphatic hydroxyl groups is 2. The van der Waals surface area contributed by atoms with Gasteiger partial charge in [0.05, 0.1) is 0 Å². The zero-order chi connectivity index (χ0) is 10.5. The van der Waals surface area contributed by atoms with Crippen molar-refractivity contribution in [3.8, 4) is 0 Å². The smallest absolute Gasteiger partial charge is 0.164 e. The summed E-state index contributed by atoms with van der Waals surface area (Å²) >= 11 is 2.00. The summed E-state index contributed by atoms with van der Waals surface area (Å²) < 4.78 is 11.8. The van der Waals surface area contributed by atoms with E-state index in [1.807, 2.05) is 22.6 Å². The number of ether oxygens (including phenoxy) is 2. The van der Waals surface area contributed by atoms with Crippen LogP contribution in [0.5, 0.6) is 0 Å². The van der Waals surface area contributed by atoms with E-state index in [0.717, 1.165) is 0 Å². The molecule has 2 N–H and O–H groups in total. The molecule has 0 aromatic heterocycles. The molecule has 1 heterocycles. The molecule has 2 aliphatic rings. The molecule has 1 aliphatic carbocycles. The van der Waals surface area contributed by atoms with Crippen LogP contribution in [0.15, 0.2) is 9.66 Å². The quantitative estimate of drug-likeness (QED) is 0.642. The summed E-state index contributed by atoms with van der Waals surface area (Å²) in [5.74, 6) is -0.687. The topological polar surface area (TPSA) is 58.9 Å². The highest BCUT2D eigenvalue weighted by molar-refractivity contribution is 14.1. The maximum Gasteiger partial charge on any atom is 0.164 e. The van der Waals surface area contributed by atoms with Gasteiger partial charge in [-0.05, 0) is 42.5 Å². The van der Waals surface area contributed by atoms with E-state index in [-0.39, 0.29) is 6.10 Å². The van der Waals surface area contributed by atoms with Crippen LogP contribution in [-0.2, 0) is 9.47 Å². The minimum absolute atomic E-state index is 0.254. The van der Waals surface area contributed by atoms with Crippen LogP contribution in [0.25, 0.3) is 0 Å². The molecule has 0 radical (unpaired) electrons. The zero-order valence-corrected chi connectivity index (χ0v) is 10.1. The van der Waals surface area contributed by atoms with Crippen molar-refractivity contribution in [3.05, 3.63) is 9.66 Å². The Morgan fingerprint density at radius 2 is 2.00 bits per heavy atom. The average molecular weight is 312 g/mol. The van der Waals surface area contributed by atoms with E-state index in [1.54, 1.807) is 19.9 Å².